The van der Waals surface area contributed by atoms with Crippen molar-refractivity contribution in [2.45, 2.75) is 26.7 Å². The summed E-state index contributed by atoms with van der Waals surface area (Å²) in [6, 6.07) is 12.5. The van der Waals surface area contributed by atoms with Crippen LogP contribution >= 0.6 is 0 Å². The van der Waals surface area contributed by atoms with Gasteiger partial charge in [-0.15, -0.1) is 0 Å². The molecule has 0 aliphatic heterocycles. The van der Waals surface area contributed by atoms with Crippen molar-refractivity contribution in [2.24, 2.45) is 0 Å². The van der Waals surface area contributed by atoms with E-state index in [-0.39, 0.29) is 11.7 Å². The van der Waals surface area contributed by atoms with Crippen molar-refractivity contribution in [1.29, 1.82) is 0 Å². The van der Waals surface area contributed by atoms with Gasteiger partial charge >= 0.3 is 5.97 Å². The maximum absolute atomic E-state index is 12.3. The smallest absolute Gasteiger partial charge is 0.338 e. The van der Waals surface area contributed by atoms with Crippen LogP contribution in [0.25, 0.3) is 0 Å². The second kappa shape index (κ2) is 9.89. The largest absolute Gasteiger partial charge is 0.462 e. The average molecular weight is 404 g/mol. The predicted molar refractivity (Wildman–Crippen MR) is 109 cm³/mol. The quantitative estimate of drug-likeness (QED) is 0.491. The Bertz CT molecular complexity index is 907. The number of rotatable bonds is 9. The third kappa shape index (κ3) is 6.38. The number of carbonyl (C=O) groups excluding carboxylic acids is 2. The average Bonchev–Trinajstić information content (AvgIpc) is 2.69. The normalized spacial score (nSPS) is 10.9. The molecule has 0 spiro atoms. The van der Waals surface area contributed by atoms with E-state index in [1.807, 2.05) is 6.92 Å². The molecular formula is C20H24N2O5S. The van der Waals surface area contributed by atoms with E-state index in [0.29, 0.717) is 29.1 Å². The van der Waals surface area contributed by atoms with Crippen LogP contribution in [-0.4, -0.2) is 32.7 Å². The molecule has 0 atom stereocenters. The van der Waals surface area contributed by atoms with Gasteiger partial charge in [-0.2, -0.15) is 0 Å². The van der Waals surface area contributed by atoms with Gasteiger partial charge in [0.25, 0.3) is 5.91 Å². The lowest BCUT2D eigenvalue weighted by molar-refractivity contribution is 0.0499. The molecule has 7 nitrogen and oxygen atoms in total. The lowest BCUT2D eigenvalue weighted by atomic mass is 10.1. The highest BCUT2D eigenvalue weighted by Crippen LogP contribution is 2.15. The minimum absolute atomic E-state index is 0.0304. The van der Waals surface area contributed by atoms with Crippen LogP contribution in [0.3, 0.4) is 0 Å². The molecule has 0 fully saturated rings. The summed E-state index contributed by atoms with van der Waals surface area (Å²) >= 11 is 0. The molecule has 0 bridgehead atoms. The first-order chi connectivity index (χ1) is 13.3. The van der Waals surface area contributed by atoms with Crippen LogP contribution in [0.15, 0.2) is 48.5 Å². The maximum atomic E-state index is 12.3. The first-order valence-electron chi connectivity index (χ1n) is 9.03. The molecule has 0 saturated heterocycles. The number of sulfonamides is 1. The molecule has 0 saturated carbocycles. The molecular weight excluding hydrogens is 380 g/mol. The Labute approximate surface area is 165 Å². The molecule has 0 radical (unpaired) electrons. The Hall–Kier alpha value is -2.87. The van der Waals surface area contributed by atoms with Crippen LogP contribution in [0.4, 0.5) is 11.4 Å². The minimum atomic E-state index is -3.36. The molecule has 0 heterocycles. The van der Waals surface area contributed by atoms with Gasteiger partial charge < -0.3 is 10.1 Å². The van der Waals surface area contributed by atoms with Crippen LogP contribution in [0, 0.1) is 0 Å². The molecule has 2 aromatic rings. The molecule has 2 aromatic carbocycles. The Balaban J connectivity index is 1.96. The fourth-order valence-electron chi connectivity index (χ4n) is 2.23. The highest BCUT2D eigenvalue weighted by Gasteiger charge is 2.10. The number of carbonyl (C=O) groups is 2. The number of hydrogen-bond donors (Lipinski definition) is 2. The third-order valence-electron chi connectivity index (χ3n) is 3.91. The first-order valence-corrected chi connectivity index (χ1v) is 10.7. The standard InChI is InChI=1S/C20H24N2O5S/c1-3-5-14-27-20(24)16-8-10-17(11-9-16)21-19(23)15-6-12-18(13-7-15)22-28(25,26)4-2/h6-13,22H,3-5,14H2,1-2H3,(H,21,23). The van der Waals surface area contributed by atoms with Gasteiger partial charge in [-0.25, -0.2) is 13.2 Å². The van der Waals surface area contributed by atoms with Gasteiger partial charge in [0.1, 0.15) is 0 Å². The Morgan fingerprint density at radius 3 is 2.04 bits per heavy atom. The molecule has 0 aliphatic carbocycles. The summed E-state index contributed by atoms with van der Waals surface area (Å²) in [5, 5.41) is 2.73. The van der Waals surface area contributed by atoms with Gasteiger partial charge in [0.2, 0.25) is 10.0 Å². The minimum Gasteiger partial charge on any atom is -0.462 e. The van der Waals surface area contributed by atoms with Crippen molar-refractivity contribution in [3.05, 3.63) is 59.7 Å². The summed E-state index contributed by atoms with van der Waals surface area (Å²) in [4.78, 5) is 24.2. The Morgan fingerprint density at radius 2 is 1.46 bits per heavy atom. The van der Waals surface area contributed by atoms with E-state index in [0.717, 1.165) is 12.8 Å². The van der Waals surface area contributed by atoms with Gasteiger partial charge in [-0.3, -0.25) is 9.52 Å². The number of anilines is 2. The van der Waals surface area contributed by atoms with E-state index in [1.165, 1.54) is 24.3 Å². The number of amides is 1. The summed E-state index contributed by atoms with van der Waals surface area (Å²) in [6.07, 6.45) is 1.77. The molecule has 0 unspecified atom stereocenters. The highest BCUT2D eigenvalue weighted by atomic mass is 32.2. The zero-order valence-electron chi connectivity index (χ0n) is 15.9. The van der Waals surface area contributed by atoms with Gasteiger partial charge in [0.15, 0.2) is 0 Å². The molecule has 0 aliphatic rings. The van der Waals surface area contributed by atoms with E-state index in [1.54, 1.807) is 31.2 Å². The van der Waals surface area contributed by atoms with Gasteiger partial charge in [0, 0.05) is 16.9 Å². The van der Waals surface area contributed by atoms with Crippen LogP contribution in [0.2, 0.25) is 0 Å². The molecule has 8 heteroatoms. The van der Waals surface area contributed by atoms with Crippen LogP contribution in [-0.2, 0) is 14.8 Å². The van der Waals surface area contributed by atoms with E-state index in [2.05, 4.69) is 10.0 Å². The fourth-order valence-corrected chi connectivity index (χ4v) is 2.87. The third-order valence-corrected chi connectivity index (χ3v) is 5.22. The van der Waals surface area contributed by atoms with Crippen molar-refractivity contribution in [2.75, 3.05) is 22.4 Å². The van der Waals surface area contributed by atoms with Crippen molar-refractivity contribution >= 4 is 33.3 Å². The zero-order valence-corrected chi connectivity index (χ0v) is 16.7. The van der Waals surface area contributed by atoms with Crippen LogP contribution < -0.4 is 10.0 Å². The molecule has 2 rings (SSSR count). The van der Waals surface area contributed by atoms with E-state index in [4.69, 9.17) is 4.74 Å². The first kappa shape index (κ1) is 21.4. The zero-order chi connectivity index (χ0) is 20.6. The summed E-state index contributed by atoms with van der Waals surface area (Å²) < 4.78 is 30.7. The molecule has 150 valence electrons. The number of esters is 1. The number of unbranched alkanes of at least 4 members (excludes halogenated alkanes) is 1. The van der Waals surface area contributed by atoms with Crippen LogP contribution in [0.1, 0.15) is 47.4 Å². The van der Waals surface area contributed by atoms with Crippen molar-refractivity contribution in [3.63, 3.8) is 0 Å². The lowest BCUT2D eigenvalue weighted by Gasteiger charge is -2.09. The van der Waals surface area contributed by atoms with Crippen LogP contribution in [0.5, 0.6) is 0 Å². The number of nitrogens with one attached hydrogen (secondary N) is 2. The Kier molecular flexibility index (Phi) is 7.57. The predicted octanol–water partition coefficient (Wildman–Crippen LogP) is 3.66. The van der Waals surface area contributed by atoms with Crippen molar-refractivity contribution < 1.29 is 22.7 Å². The maximum Gasteiger partial charge on any atom is 0.338 e. The summed E-state index contributed by atoms with van der Waals surface area (Å²) in [7, 11) is -3.36. The Morgan fingerprint density at radius 1 is 0.893 bits per heavy atom. The van der Waals surface area contributed by atoms with Crippen molar-refractivity contribution in [3.8, 4) is 0 Å². The lowest BCUT2D eigenvalue weighted by Crippen LogP contribution is -2.15. The molecule has 0 aromatic heterocycles. The highest BCUT2D eigenvalue weighted by molar-refractivity contribution is 7.92. The summed E-state index contributed by atoms with van der Waals surface area (Å²) in [5.74, 6) is -0.767. The van der Waals surface area contributed by atoms with E-state index in [9.17, 15) is 18.0 Å². The molecule has 28 heavy (non-hydrogen) atoms. The van der Waals surface area contributed by atoms with E-state index < -0.39 is 16.0 Å². The monoisotopic (exact) mass is 404 g/mol. The summed E-state index contributed by atoms with van der Waals surface area (Å²) in [5.41, 5.74) is 1.72. The van der Waals surface area contributed by atoms with Gasteiger partial charge in [-0.1, -0.05) is 13.3 Å². The van der Waals surface area contributed by atoms with Gasteiger partial charge in [0.05, 0.1) is 17.9 Å². The van der Waals surface area contributed by atoms with Gasteiger partial charge in [-0.05, 0) is 61.9 Å². The number of benzene rings is 2. The summed E-state index contributed by atoms with van der Waals surface area (Å²) in [6.45, 7) is 3.95. The second-order valence-corrected chi connectivity index (χ2v) is 8.11. The fraction of sp³-hybridized carbons (Fsp3) is 0.300. The van der Waals surface area contributed by atoms with Crippen molar-refractivity contribution in [1.82, 2.24) is 0 Å². The van der Waals surface area contributed by atoms with E-state index >= 15 is 0 Å². The number of hydrogen-bond acceptors (Lipinski definition) is 5. The topological polar surface area (TPSA) is 102 Å². The second-order valence-electron chi connectivity index (χ2n) is 6.10. The molecule has 1 amide bonds. The number of ether oxygens (including phenoxy) is 1. The molecule has 2 N–H and O–H groups in total. The SMILES string of the molecule is CCCCOC(=O)c1ccc(NC(=O)c2ccc(NS(=O)(=O)CC)cc2)cc1.